The lowest BCUT2D eigenvalue weighted by Crippen LogP contribution is -1.96. The fourth-order valence-corrected chi connectivity index (χ4v) is 2.88. The van der Waals surface area contributed by atoms with E-state index in [9.17, 15) is 9.90 Å². The minimum absolute atomic E-state index is 0.0582. The average Bonchev–Trinajstić information content (AvgIpc) is 2.53. The molecule has 0 unspecified atom stereocenters. The van der Waals surface area contributed by atoms with Crippen molar-refractivity contribution in [2.45, 2.75) is 39.0 Å². The topological polar surface area (TPSA) is 50.4 Å². The van der Waals surface area contributed by atoms with Crippen LogP contribution in [0.5, 0.6) is 5.75 Å². The number of fused-ring (bicyclic) bond motifs is 3. The number of furan rings is 1. The molecular weight excluding hydrogens is 228 g/mol. The quantitative estimate of drug-likeness (QED) is 0.615. The zero-order chi connectivity index (χ0) is 12.7. The van der Waals surface area contributed by atoms with Crippen LogP contribution in [0.1, 0.15) is 47.9 Å². The van der Waals surface area contributed by atoms with E-state index in [-0.39, 0.29) is 11.5 Å². The van der Waals surface area contributed by atoms with Crippen LogP contribution >= 0.6 is 0 Å². The molecule has 3 heteroatoms. The smallest absolute Gasteiger partial charge is 0.164 e. The van der Waals surface area contributed by atoms with Crippen molar-refractivity contribution >= 4 is 16.8 Å². The van der Waals surface area contributed by atoms with Gasteiger partial charge in [-0.25, -0.2) is 0 Å². The molecule has 1 aromatic heterocycles. The summed E-state index contributed by atoms with van der Waals surface area (Å²) in [7, 11) is 0. The predicted molar refractivity (Wildman–Crippen MR) is 69.1 cm³/mol. The molecule has 0 saturated carbocycles. The molecule has 3 nitrogen and oxygen atoms in total. The van der Waals surface area contributed by atoms with Gasteiger partial charge in [0.1, 0.15) is 17.1 Å². The van der Waals surface area contributed by atoms with Gasteiger partial charge in [0.25, 0.3) is 0 Å². The van der Waals surface area contributed by atoms with E-state index < -0.39 is 0 Å². The van der Waals surface area contributed by atoms with Gasteiger partial charge in [-0.2, -0.15) is 0 Å². The van der Waals surface area contributed by atoms with Crippen LogP contribution in [-0.2, 0) is 12.8 Å². The number of rotatable bonds is 1. The number of aryl methyl sites for hydroxylation is 2. The molecule has 1 aromatic carbocycles. The summed E-state index contributed by atoms with van der Waals surface area (Å²) in [5, 5.41) is 10.7. The third kappa shape index (κ3) is 1.62. The van der Waals surface area contributed by atoms with Crippen LogP contribution in [0.2, 0.25) is 0 Å². The van der Waals surface area contributed by atoms with Crippen molar-refractivity contribution < 1.29 is 14.3 Å². The fraction of sp³-hybridized carbons (Fsp3) is 0.400. The molecule has 1 aliphatic carbocycles. The highest BCUT2D eigenvalue weighted by Gasteiger charge is 2.22. The summed E-state index contributed by atoms with van der Waals surface area (Å²) in [5.74, 6) is 0.949. The zero-order valence-corrected chi connectivity index (χ0v) is 10.5. The Morgan fingerprint density at radius 3 is 2.78 bits per heavy atom. The van der Waals surface area contributed by atoms with Crippen molar-refractivity contribution in [2.24, 2.45) is 0 Å². The van der Waals surface area contributed by atoms with E-state index in [1.54, 1.807) is 12.1 Å². The van der Waals surface area contributed by atoms with Gasteiger partial charge in [0.05, 0.1) is 5.56 Å². The number of phenols is 1. The lowest BCUT2D eigenvalue weighted by molar-refractivity contribution is 0.101. The average molecular weight is 244 g/mol. The molecule has 1 aliphatic rings. The Morgan fingerprint density at radius 1 is 1.22 bits per heavy atom. The van der Waals surface area contributed by atoms with Gasteiger partial charge in [-0.3, -0.25) is 4.79 Å². The summed E-state index contributed by atoms with van der Waals surface area (Å²) in [6, 6.07) is 3.30. The Labute approximate surface area is 105 Å². The minimum atomic E-state index is -0.106. The Kier molecular flexibility index (Phi) is 2.62. The normalized spacial score (nSPS) is 15.4. The Hall–Kier alpha value is -1.77. The van der Waals surface area contributed by atoms with Gasteiger partial charge in [0.15, 0.2) is 5.78 Å². The first-order chi connectivity index (χ1) is 8.68. The highest BCUT2D eigenvalue weighted by Crippen LogP contribution is 2.36. The second-order valence-corrected chi connectivity index (χ2v) is 4.95. The molecule has 0 fully saturated rings. The van der Waals surface area contributed by atoms with Crippen LogP contribution in [0.15, 0.2) is 16.5 Å². The van der Waals surface area contributed by atoms with Crippen LogP contribution < -0.4 is 0 Å². The Balaban J connectivity index is 2.35. The zero-order valence-electron chi connectivity index (χ0n) is 10.5. The number of carbonyl (C=O) groups is 1. The standard InChI is InChI=1S/C15H16O3/c1-9(16)14-11(17)7-8-13-15(14)10-5-3-2-4-6-12(10)18-13/h7-8,17H,2-6H2,1H3. The molecule has 0 saturated heterocycles. The SMILES string of the molecule is CC(=O)c1c(O)ccc2oc3c(c12)CCCCC3. The lowest BCUT2D eigenvalue weighted by Gasteiger charge is -2.04. The summed E-state index contributed by atoms with van der Waals surface area (Å²) in [5.41, 5.74) is 2.27. The van der Waals surface area contributed by atoms with Gasteiger partial charge >= 0.3 is 0 Å². The van der Waals surface area contributed by atoms with Crippen LogP contribution in [0.3, 0.4) is 0 Å². The molecule has 1 N–H and O–H groups in total. The third-order valence-electron chi connectivity index (χ3n) is 3.70. The first-order valence-electron chi connectivity index (χ1n) is 6.45. The molecule has 0 aliphatic heterocycles. The van der Waals surface area contributed by atoms with Crippen molar-refractivity contribution in [1.82, 2.24) is 0 Å². The third-order valence-corrected chi connectivity index (χ3v) is 3.70. The maximum Gasteiger partial charge on any atom is 0.164 e. The number of phenolic OH excluding ortho intramolecular Hbond substituents is 1. The van der Waals surface area contributed by atoms with Crippen LogP contribution in [0, 0.1) is 0 Å². The molecule has 2 aromatic rings. The largest absolute Gasteiger partial charge is 0.507 e. The molecule has 0 atom stereocenters. The van der Waals surface area contributed by atoms with Crippen molar-refractivity contribution in [1.29, 1.82) is 0 Å². The van der Waals surface area contributed by atoms with Crippen molar-refractivity contribution in [2.75, 3.05) is 0 Å². The number of ketones is 1. The molecule has 18 heavy (non-hydrogen) atoms. The first kappa shape index (κ1) is 11.3. The van der Waals surface area contributed by atoms with E-state index in [0.717, 1.165) is 48.0 Å². The van der Waals surface area contributed by atoms with Gasteiger partial charge in [0.2, 0.25) is 0 Å². The summed E-state index contributed by atoms with van der Waals surface area (Å²) >= 11 is 0. The minimum Gasteiger partial charge on any atom is -0.507 e. The first-order valence-corrected chi connectivity index (χ1v) is 6.45. The van der Waals surface area contributed by atoms with E-state index in [0.29, 0.717) is 5.56 Å². The van der Waals surface area contributed by atoms with E-state index in [4.69, 9.17) is 4.42 Å². The Bertz CT molecular complexity index is 622. The van der Waals surface area contributed by atoms with Crippen LogP contribution in [-0.4, -0.2) is 10.9 Å². The Morgan fingerprint density at radius 2 is 2.00 bits per heavy atom. The number of benzene rings is 1. The highest BCUT2D eigenvalue weighted by atomic mass is 16.3. The lowest BCUT2D eigenvalue weighted by atomic mass is 9.99. The number of hydrogen-bond donors (Lipinski definition) is 1. The molecule has 94 valence electrons. The van der Waals surface area contributed by atoms with Crippen molar-refractivity contribution in [3.63, 3.8) is 0 Å². The van der Waals surface area contributed by atoms with Crippen LogP contribution in [0.4, 0.5) is 0 Å². The maximum absolute atomic E-state index is 11.7. The second kappa shape index (κ2) is 4.16. The van der Waals surface area contributed by atoms with E-state index in [2.05, 4.69) is 0 Å². The van der Waals surface area contributed by atoms with E-state index in [1.165, 1.54) is 13.3 Å². The molecule has 1 heterocycles. The van der Waals surface area contributed by atoms with Gasteiger partial charge in [0, 0.05) is 17.4 Å². The molecule has 0 spiro atoms. The van der Waals surface area contributed by atoms with Gasteiger partial charge in [-0.15, -0.1) is 0 Å². The van der Waals surface area contributed by atoms with Crippen molar-refractivity contribution in [3.8, 4) is 5.75 Å². The van der Waals surface area contributed by atoms with E-state index >= 15 is 0 Å². The van der Waals surface area contributed by atoms with Gasteiger partial charge in [-0.05, 0) is 38.3 Å². The molecule has 0 radical (unpaired) electrons. The number of carbonyl (C=O) groups excluding carboxylic acids is 1. The summed E-state index contributed by atoms with van der Waals surface area (Å²) < 4.78 is 5.85. The predicted octanol–water partition coefficient (Wildman–Crippen LogP) is 3.61. The number of hydrogen-bond acceptors (Lipinski definition) is 3. The molecular formula is C15H16O3. The number of Topliss-reactive ketones (excluding diaryl/α,β-unsaturated/α-hetero) is 1. The fourth-order valence-electron chi connectivity index (χ4n) is 2.88. The summed E-state index contributed by atoms with van der Waals surface area (Å²) in [6.45, 7) is 1.49. The highest BCUT2D eigenvalue weighted by molar-refractivity contribution is 6.09. The number of aromatic hydroxyl groups is 1. The summed E-state index contributed by atoms with van der Waals surface area (Å²) in [4.78, 5) is 11.7. The molecule has 0 amide bonds. The maximum atomic E-state index is 11.7. The van der Waals surface area contributed by atoms with Gasteiger partial charge in [-0.1, -0.05) is 6.42 Å². The second-order valence-electron chi connectivity index (χ2n) is 4.95. The van der Waals surface area contributed by atoms with Crippen LogP contribution in [0.25, 0.3) is 11.0 Å². The molecule has 0 bridgehead atoms. The monoisotopic (exact) mass is 244 g/mol. The molecule has 3 rings (SSSR count). The van der Waals surface area contributed by atoms with Crippen molar-refractivity contribution in [3.05, 3.63) is 29.0 Å². The summed E-state index contributed by atoms with van der Waals surface area (Å²) in [6.07, 6.45) is 5.32. The van der Waals surface area contributed by atoms with E-state index in [1.807, 2.05) is 0 Å². The van der Waals surface area contributed by atoms with Gasteiger partial charge < -0.3 is 9.52 Å².